The minimum atomic E-state index is -0.463. The molecule has 0 unspecified atom stereocenters. The van der Waals surface area contributed by atoms with Crippen molar-refractivity contribution < 1.29 is 14.3 Å². The summed E-state index contributed by atoms with van der Waals surface area (Å²) in [7, 11) is 1.60. The number of rotatable bonds is 5. The Labute approximate surface area is 145 Å². The molecule has 0 saturated heterocycles. The van der Waals surface area contributed by atoms with Gasteiger partial charge >= 0.3 is 5.97 Å². The summed E-state index contributed by atoms with van der Waals surface area (Å²) in [5.74, 6) is 0.291. The zero-order valence-electron chi connectivity index (χ0n) is 13.7. The van der Waals surface area contributed by atoms with Crippen molar-refractivity contribution in [1.82, 2.24) is 4.40 Å². The molecule has 0 bridgehead atoms. The summed E-state index contributed by atoms with van der Waals surface area (Å²) in [6.07, 6.45) is 6.69. The SMILES string of the molecule is COc1ccc(/C=C/C(=O)OCc2cn3ccccc3c2C#N)cc1. The van der Waals surface area contributed by atoms with Gasteiger partial charge in [-0.05, 0) is 35.9 Å². The molecule has 5 nitrogen and oxygen atoms in total. The Balaban J connectivity index is 1.66. The van der Waals surface area contributed by atoms with Crippen LogP contribution in [0, 0.1) is 11.3 Å². The molecule has 0 fully saturated rings. The molecule has 0 aliphatic carbocycles. The number of carbonyl (C=O) groups is 1. The van der Waals surface area contributed by atoms with E-state index in [0.29, 0.717) is 11.1 Å². The number of nitrogens with zero attached hydrogens (tertiary/aromatic N) is 2. The number of esters is 1. The van der Waals surface area contributed by atoms with Gasteiger partial charge in [0.25, 0.3) is 0 Å². The summed E-state index contributed by atoms with van der Waals surface area (Å²) in [5, 5.41) is 9.34. The van der Waals surface area contributed by atoms with Gasteiger partial charge in [0.15, 0.2) is 0 Å². The zero-order valence-corrected chi connectivity index (χ0v) is 13.7. The van der Waals surface area contributed by atoms with Gasteiger partial charge in [0, 0.05) is 24.0 Å². The van der Waals surface area contributed by atoms with Gasteiger partial charge in [0.1, 0.15) is 18.4 Å². The summed E-state index contributed by atoms with van der Waals surface area (Å²) >= 11 is 0. The maximum Gasteiger partial charge on any atom is 0.331 e. The highest BCUT2D eigenvalue weighted by Crippen LogP contribution is 2.18. The average molecular weight is 332 g/mol. The second kappa shape index (κ2) is 7.37. The number of methoxy groups -OCH3 is 1. The predicted octanol–water partition coefficient (Wildman–Crippen LogP) is 3.58. The number of hydrogen-bond acceptors (Lipinski definition) is 4. The van der Waals surface area contributed by atoms with Crippen molar-refractivity contribution in [2.45, 2.75) is 6.61 Å². The molecule has 3 rings (SSSR count). The fourth-order valence-corrected chi connectivity index (χ4v) is 2.49. The molecule has 124 valence electrons. The number of pyridine rings is 1. The van der Waals surface area contributed by atoms with Crippen molar-refractivity contribution in [2.24, 2.45) is 0 Å². The highest BCUT2D eigenvalue weighted by molar-refractivity contribution is 5.87. The van der Waals surface area contributed by atoms with Gasteiger partial charge in [0.05, 0.1) is 18.2 Å². The Morgan fingerprint density at radius 2 is 2.04 bits per heavy atom. The third kappa shape index (κ3) is 3.70. The fourth-order valence-electron chi connectivity index (χ4n) is 2.49. The molecule has 2 aromatic heterocycles. The minimum absolute atomic E-state index is 0.0519. The van der Waals surface area contributed by atoms with Crippen molar-refractivity contribution in [3.05, 3.63) is 77.6 Å². The minimum Gasteiger partial charge on any atom is -0.497 e. The van der Waals surface area contributed by atoms with Crippen LogP contribution in [0.3, 0.4) is 0 Å². The Kier molecular flexibility index (Phi) is 4.82. The monoisotopic (exact) mass is 332 g/mol. The van der Waals surface area contributed by atoms with Crippen LogP contribution in [0.25, 0.3) is 11.6 Å². The molecule has 0 N–H and O–H groups in total. The molecule has 2 heterocycles. The van der Waals surface area contributed by atoms with E-state index in [1.807, 2.05) is 53.1 Å². The predicted molar refractivity (Wildman–Crippen MR) is 93.9 cm³/mol. The maximum atomic E-state index is 11.9. The van der Waals surface area contributed by atoms with E-state index >= 15 is 0 Å². The second-order valence-electron chi connectivity index (χ2n) is 5.35. The van der Waals surface area contributed by atoms with Gasteiger partial charge in [-0.2, -0.15) is 5.26 Å². The lowest BCUT2D eigenvalue weighted by Gasteiger charge is -2.01. The molecule has 1 aromatic carbocycles. The summed E-state index contributed by atoms with van der Waals surface area (Å²) in [5.41, 5.74) is 2.86. The lowest BCUT2D eigenvalue weighted by atomic mass is 10.2. The summed E-state index contributed by atoms with van der Waals surface area (Å²) in [6.45, 7) is 0.0519. The van der Waals surface area contributed by atoms with Gasteiger partial charge in [-0.15, -0.1) is 0 Å². The van der Waals surface area contributed by atoms with Crippen LogP contribution in [0.15, 0.2) is 60.9 Å². The molecule has 0 spiro atoms. The van der Waals surface area contributed by atoms with Gasteiger partial charge in [-0.3, -0.25) is 0 Å². The lowest BCUT2D eigenvalue weighted by Crippen LogP contribution is -2.01. The van der Waals surface area contributed by atoms with Crippen molar-refractivity contribution in [3.63, 3.8) is 0 Å². The van der Waals surface area contributed by atoms with Crippen LogP contribution < -0.4 is 4.74 Å². The molecule has 0 aliphatic rings. The standard InChI is InChI=1S/C20H16N2O3/c1-24-17-8-5-15(6-9-17)7-10-20(23)25-14-16-13-22-11-3-2-4-19(22)18(16)12-21/h2-11,13H,14H2,1H3/b10-7+. The van der Waals surface area contributed by atoms with Gasteiger partial charge < -0.3 is 13.9 Å². The first-order chi connectivity index (χ1) is 12.2. The van der Waals surface area contributed by atoms with Crippen LogP contribution in [0.1, 0.15) is 16.7 Å². The number of benzene rings is 1. The van der Waals surface area contributed by atoms with Crippen LogP contribution in [0.4, 0.5) is 0 Å². The van der Waals surface area contributed by atoms with E-state index in [-0.39, 0.29) is 6.61 Å². The van der Waals surface area contributed by atoms with Crippen LogP contribution in [0.5, 0.6) is 5.75 Å². The fraction of sp³-hybridized carbons (Fsp3) is 0.100. The quantitative estimate of drug-likeness (QED) is 0.529. The number of fused-ring (bicyclic) bond motifs is 1. The van der Waals surface area contributed by atoms with Crippen molar-refractivity contribution >= 4 is 17.6 Å². The van der Waals surface area contributed by atoms with E-state index in [1.165, 1.54) is 6.08 Å². The Bertz CT molecular complexity index is 963. The number of aromatic nitrogens is 1. The van der Waals surface area contributed by atoms with Gasteiger partial charge in [-0.1, -0.05) is 18.2 Å². The molecule has 0 atom stereocenters. The molecule has 0 aliphatic heterocycles. The van der Waals surface area contributed by atoms with Crippen LogP contribution in [-0.2, 0) is 16.1 Å². The van der Waals surface area contributed by atoms with E-state index < -0.39 is 5.97 Å². The molecular weight excluding hydrogens is 316 g/mol. The van der Waals surface area contributed by atoms with E-state index in [1.54, 1.807) is 19.4 Å². The highest BCUT2D eigenvalue weighted by Gasteiger charge is 2.11. The first-order valence-electron chi connectivity index (χ1n) is 7.69. The topological polar surface area (TPSA) is 63.7 Å². The first kappa shape index (κ1) is 16.3. The number of ether oxygens (including phenoxy) is 2. The molecular formula is C20H16N2O3. The molecule has 0 radical (unpaired) electrons. The average Bonchev–Trinajstić information content (AvgIpc) is 3.02. The third-order valence-corrected chi connectivity index (χ3v) is 3.77. The third-order valence-electron chi connectivity index (χ3n) is 3.77. The lowest BCUT2D eigenvalue weighted by molar-refractivity contribution is -0.138. The maximum absolute atomic E-state index is 11.9. The van der Waals surface area contributed by atoms with E-state index in [4.69, 9.17) is 9.47 Å². The number of nitriles is 1. The van der Waals surface area contributed by atoms with Crippen LogP contribution in [-0.4, -0.2) is 17.5 Å². The molecule has 5 heteroatoms. The van der Waals surface area contributed by atoms with E-state index in [0.717, 1.165) is 16.8 Å². The van der Waals surface area contributed by atoms with Crippen molar-refractivity contribution in [2.75, 3.05) is 7.11 Å². The summed E-state index contributed by atoms with van der Waals surface area (Å²) < 4.78 is 12.2. The zero-order chi connectivity index (χ0) is 17.6. The number of hydrogen-bond donors (Lipinski definition) is 0. The normalized spacial score (nSPS) is 10.7. The Morgan fingerprint density at radius 1 is 1.24 bits per heavy atom. The largest absolute Gasteiger partial charge is 0.497 e. The van der Waals surface area contributed by atoms with E-state index in [2.05, 4.69) is 6.07 Å². The summed E-state index contributed by atoms with van der Waals surface area (Å²) in [6, 6.07) is 15.1. The van der Waals surface area contributed by atoms with Crippen LogP contribution >= 0.6 is 0 Å². The highest BCUT2D eigenvalue weighted by atomic mass is 16.5. The summed E-state index contributed by atoms with van der Waals surface area (Å²) in [4.78, 5) is 11.9. The molecule has 25 heavy (non-hydrogen) atoms. The van der Waals surface area contributed by atoms with Gasteiger partial charge in [-0.25, -0.2) is 4.79 Å². The molecule has 0 saturated carbocycles. The van der Waals surface area contributed by atoms with E-state index in [9.17, 15) is 10.1 Å². The first-order valence-corrected chi connectivity index (χ1v) is 7.69. The second-order valence-corrected chi connectivity index (χ2v) is 5.35. The Morgan fingerprint density at radius 3 is 2.76 bits per heavy atom. The molecule has 3 aromatic rings. The smallest absolute Gasteiger partial charge is 0.331 e. The molecule has 0 amide bonds. The van der Waals surface area contributed by atoms with Crippen LogP contribution in [0.2, 0.25) is 0 Å². The van der Waals surface area contributed by atoms with Gasteiger partial charge in [0.2, 0.25) is 0 Å². The Hall–Kier alpha value is -3.52. The van der Waals surface area contributed by atoms with Crippen molar-refractivity contribution in [1.29, 1.82) is 5.26 Å². The van der Waals surface area contributed by atoms with Crippen molar-refractivity contribution in [3.8, 4) is 11.8 Å². The number of carbonyl (C=O) groups excluding carboxylic acids is 1.